The van der Waals surface area contributed by atoms with Gasteiger partial charge in [0.2, 0.25) is 0 Å². The summed E-state index contributed by atoms with van der Waals surface area (Å²) in [6, 6.07) is 17.3. The molecule has 0 spiro atoms. The highest BCUT2D eigenvalue weighted by Gasteiger charge is 2.30. The first-order chi connectivity index (χ1) is 9.66. The van der Waals surface area contributed by atoms with E-state index in [9.17, 15) is 4.79 Å². The van der Waals surface area contributed by atoms with Crippen molar-refractivity contribution in [1.29, 1.82) is 0 Å². The Balaban J connectivity index is 2.03. The molecular weight excluding hydrogens is 270 g/mol. The van der Waals surface area contributed by atoms with E-state index in [0.29, 0.717) is 5.02 Å². The van der Waals surface area contributed by atoms with Gasteiger partial charge in [-0.05, 0) is 35.8 Å². The number of rotatable bonds is 2. The Morgan fingerprint density at radius 3 is 2.30 bits per heavy atom. The summed E-state index contributed by atoms with van der Waals surface area (Å²) in [4.78, 5) is 12.3. The van der Waals surface area contributed by atoms with Gasteiger partial charge in [0.25, 0.3) is 5.91 Å². The van der Waals surface area contributed by atoms with Crippen LogP contribution in [0.2, 0.25) is 5.02 Å². The van der Waals surface area contributed by atoms with E-state index in [2.05, 4.69) is 5.32 Å². The lowest BCUT2D eigenvalue weighted by molar-refractivity contribution is -0.115. The van der Waals surface area contributed by atoms with Gasteiger partial charge in [-0.15, -0.1) is 0 Å². The van der Waals surface area contributed by atoms with Crippen LogP contribution in [-0.2, 0) is 4.79 Å². The van der Waals surface area contributed by atoms with Crippen molar-refractivity contribution in [1.82, 2.24) is 5.32 Å². The molecule has 1 unspecified atom stereocenters. The molecule has 2 aromatic carbocycles. The zero-order valence-corrected chi connectivity index (χ0v) is 11.8. The van der Waals surface area contributed by atoms with Crippen LogP contribution in [0, 0.1) is 0 Å². The van der Waals surface area contributed by atoms with E-state index in [1.807, 2.05) is 49.4 Å². The van der Waals surface area contributed by atoms with Gasteiger partial charge in [-0.3, -0.25) is 4.79 Å². The fourth-order valence-electron chi connectivity index (χ4n) is 2.59. The molecule has 1 heterocycles. The predicted octanol–water partition coefficient (Wildman–Crippen LogP) is 3.98. The Morgan fingerprint density at radius 2 is 1.65 bits per heavy atom. The first-order valence-corrected chi connectivity index (χ1v) is 6.87. The van der Waals surface area contributed by atoms with Crippen molar-refractivity contribution in [2.24, 2.45) is 0 Å². The van der Waals surface area contributed by atoms with E-state index in [0.717, 1.165) is 22.3 Å². The molecule has 2 nitrogen and oxygen atoms in total. The fraction of sp³-hybridized carbons (Fsp3) is 0.118. The molecule has 20 heavy (non-hydrogen) atoms. The third-order valence-electron chi connectivity index (χ3n) is 3.60. The number of halogens is 1. The molecule has 1 amide bonds. The van der Waals surface area contributed by atoms with Crippen LogP contribution in [0.1, 0.15) is 24.1 Å². The SMILES string of the molecule is CC1=C(c2ccc(Cl)cc2)C(=O)NC1c1ccccc1. The summed E-state index contributed by atoms with van der Waals surface area (Å²) in [6.07, 6.45) is 0. The lowest BCUT2D eigenvalue weighted by atomic mass is 9.96. The number of benzene rings is 2. The minimum Gasteiger partial charge on any atom is -0.341 e. The van der Waals surface area contributed by atoms with Crippen LogP contribution in [0.4, 0.5) is 0 Å². The molecule has 0 radical (unpaired) electrons. The van der Waals surface area contributed by atoms with Crippen molar-refractivity contribution in [3.05, 3.63) is 76.3 Å². The highest BCUT2D eigenvalue weighted by molar-refractivity contribution is 6.30. The predicted molar refractivity (Wildman–Crippen MR) is 81.4 cm³/mol. The van der Waals surface area contributed by atoms with Crippen LogP contribution in [-0.4, -0.2) is 5.91 Å². The summed E-state index contributed by atoms with van der Waals surface area (Å²) < 4.78 is 0. The van der Waals surface area contributed by atoms with Gasteiger partial charge < -0.3 is 5.32 Å². The average molecular weight is 284 g/mol. The standard InChI is InChI=1S/C17H14ClNO/c1-11-15(12-7-9-14(18)10-8-12)17(20)19-16(11)13-5-3-2-4-6-13/h2-10,16H,1H3,(H,19,20). The molecule has 0 aliphatic carbocycles. The van der Waals surface area contributed by atoms with E-state index < -0.39 is 0 Å². The molecule has 0 aromatic heterocycles. The van der Waals surface area contributed by atoms with Crippen molar-refractivity contribution in [3.63, 3.8) is 0 Å². The fourth-order valence-corrected chi connectivity index (χ4v) is 2.72. The highest BCUT2D eigenvalue weighted by atomic mass is 35.5. The van der Waals surface area contributed by atoms with Crippen molar-refractivity contribution in [2.75, 3.05) is 0 Å². The summed E-state index contributed by atoms with van der Waals surface area (Å²) in [5, 5.41) is 3.71. The van der Waals surface area contributed by atoms with E-state index in [1.54, 1.807) is 12.1 Å². The van der Waals surface area contributed by atoms with Crippen LogP contribution in [0.5, 0.6) is 0 Å². The third kappa shape index (κ3) is 2.23. The summed E-state index contributed by atoms with van der Waals surface area (Å²) in [6.45, 7) is 2.00. The van der Waals surface area contributed by atoms with Gasteiger partial charge in [0, 0.05) is 10.6 Å². The Kier molecular flexibility index (Phi) is 3.33. The molecule has 3 heteroatoms. The highest BCUT2D eigenvalue weighted by Crippen LogP contribution is 2.34. The van der Waals surface area contributed by atoms with Crippen LogP contribution in [0.15, 0.2) is 60.2 Å². The number of carbonyl (C=O) groups excluding carboxylic acids is 1. The molecule has 0 saturated heterocycles. The zero-order valence-electron chi connectivity index (χ0n) is 11.1. The van der Waals surface area contributed by atoms with E-state index in [1.165, 1.54) is 0 Å². The maximum absolute atomic E-state index is 12.3. The molecule has 0 saturated carbocycles. The molecule has 2 aromatic rings. The quantitative estimate of drug-likeness (QED) is 0.887. The normalized spacial score (nSPS) is 18.3. The van der Waals surface area contributed by atoms with Gasteiger partial charge in [0.05, 0.1) is 6.04 Å². The maximum atomic E-state index is 12.3. The van der Waals surface area contributed by atoms with E-state index in [4.69, 9.17) is 11.6 Å². The number of hydrogen-bond acceptors (Lipinski definition) is 1. The maximum Gasteiger partial charge on any atom is 0.252 e. The van der Waals surface area contributed by atoms with Gasteiger partial charge in [0.15, 0.2) is 0 Å². The molecule has 100 valence electrons. The second-order valence-electron chi connectivity index (χ2n) is 4.88. The first-order valence-electron chi connectivity index (χ1n) is 6.49. The van der Waals surface area contributed by atoms with Gasteiger partial charge in [-0.25, -0.2) is 0 Å². The Hall–Kier alpha value is -2.06. The second kappa shape index (κ2) is 5.14. The van der Waals surface area contributed by atoms with Gasteiger partial charge in [-0.1, -0.05) is 54.1 Å². The Labute approximate surface area is 123 Å². The number of nitrogens with one attached hydrogen (secondary N) is 1. The van der Waals surface area contributed by atoms with Crippen molar-refractivity contribution in [3.8, 4) is 0 Å². The van der Waals surface area contributed by atoms with E-state index >= 15 is 0 Å². The molecule has 0 bridgehead atoms. The largest absolute Gasteiger partial charge is 0.341 e. The molecule has 3 rings (SSSR count). The summed E-state index contributed by atoms with van der Waals surface area (Å²) in [5.41, 5.74) is 3.80. The van der Waals surface area contributed by atoms with Crippen molar-refractivity contribution >= 4 is 23.1 Å². The monoisotopic (exact) mass is 283 g/mol. The minimum atomic E-state index is -0.0469. The van der Waals surface area contributed by atoms with Crippen LogP contribution in [0.25, 0.3) is 5.57 Å². The third-order valence-corrected chi connectivity index (χ3v) is 3.85. The Bertz CT molecular complexity index is 674. The van der Waals surface area contributed by atoms with Gasteiger partial charge in [0.1, 0.15) is 0 Å². The van der Waals surface area contributed by atoms with Crippen LogP contribution < -0.4 is 5.32 Å². The van der Waals surface area contributed by atoms with E-state index in [-0.39, 0.29) is 11.9 Å². The molecule has 1 aliphatic heterocycles. The first kappa shape index (κ1) is 12.9. The molecular formula is C17H14ClNO. The van der Waals surface area contributed by atoms with Crippen molar-refractivity contribution in [2.45, 2.75) is 13.0 Å². The molecule has 1 atom stereocenters. The van der Waals surface area contributed by atoms with Crippen LogP contribution >= 0.6 is 11.6 Å². The lowest BCUT2D eigenvalue weighted by Crippen LogP contribution is -2.21. The van der Waals surface area contributed by atoms with Gasteiger partial charge >= 0.3 is 0 Å². The minimum absolute atomic E-state index is 0.0290. The number of amides is 1. The lowest BCUT2D eigenvalue weighted by Gasteiger charge is -2.12. The van der Waals surface area contributed by atoms with Crippen LogP contribution in [0.3, 0.4) is 0 Å². The number of hydrogen-bond donors (Lipinski definition) is 1. The summed E-state index contributed by atoms with van der Waals surface area (Å²) in [7, 11) is 0. The summed E-state index contributed by atoms with van der Waals surface area (Å²) >= 11 is 5.90. The summed E-state index contributed by atoms with van der Waals surface area (Å²) in [5.74, 6) is -0.0290. The zero-order chi connectivity index (χ0) is 14.1. The topological polar surface area (TPSA) is 29.1 Å². The van der Waals surface area contributed by atoms with Crippen molar-refractivity contribution < 1.29 is 4.79 Å². The molecule has 1 N–H and O–H groups in total. The molecule has 0 fully saturated rings. The Morgan fingerprint density at radius 1 is 1.00 bits per heavy atom. The van der Waals surface area contributed by atoms with Gasteiger partial charge in [-0.2, -0.15) is 0 Å². The number of carbonyl (C=O) groups is 1. The second-order valence-corrected chi connectivity index (χ2v) is 5.32. The smallest absolute Gasteiger partial charge is 0.252 e. The average Bonchev–Trinajstić information content (AvgIpc) is 2.76. The molecule has 1 aliphatic rings.